The van der Waals surface area contributed by atoms with Crippen LogP contribution in [0.5, 0.6) is 0 Å². The molecular weight excluding hydrogens is 248 g/mol. The van der Waals surface area contributed by atoms with E-state index >= 15 is 0 Å². The fourth-order valence-corrected chi connectivity index (χ4v) is 3.43. The van der Waals surface area contributed by atoms with Gasteiger partial charge in [0.1, 0.15) is 0 Å². The zero-order chi connectivity index (χ0) is 13.2. The Kier molecular flexibility index (Phi) is 4.04. The fraction of sp³-hybridized carbons (Fsp3) is 0.462. The first-order valence-electron chi connectivity index (χ1n) is 6.11. The van der Waals surface area contributed by atoms with Crippen LogP contribution < -0.4 is 0 Å². The van der Waals surface area contributed by atoms with Gasteiger partial charge in [0.2, 0.25) is 10.0 Å². The van der Waals surface area contributed by atoms with Gasteiger partial charge in [0, 0.05) is 26.2 Å². The molecule has 99 valence electrons. The van der Waals surface area contributed by atoms with E-state index < -0.39 is 10.0 Å². The largest absolute Gasteiger partial charge is 0.304 e. The minimum atomic E-state index is -3.32. The van der Waals surface area contributed by atoms with Crippen molar-refractivity contribution in [1.29, 1.82) is 0 Å². The van der Waals surface area contributed by atoms with Crippen molar-refractivity contribution in [3.05, 3.63) is 36.8 Å². The Morgan fingerprint density at radius 2 is 1.67 bits per heavy atom. The highest BCUT2D eigenvalue weighted by Gasteiger charge is 2.27. The number of likely N-dealkylation sites (N-methyl/N-ethyl adjacent to an activating group) is 1. The summed E-state index contributed by atoms with van der Waals surface area (Å²) in [6.07, 6.45) is 0.675. The van der Waals surface area contributed by atoms with Gasteiger partial charge in [0.15, 0.2) is 0 Å². The van der Waals surface area contributed by atoms with Crippen LogP contribution in [0.2, 0.25) is 0 Å². The van der Waals surface area contributed by atoms with Gasteiger partial charge in [-0.05, 0) is 38.1 Å². The number of hydrogen-bond acceptors (Lipinski definition) is 3. The van der Waals surface area contributed by atoms with Gasteiger partial charge in [-0.25, -0.2) is 8.42 Å². The number of nitrogens with zero attached hydrogens (tertiary/aromatic N) is 2. The third-order valence-corrected chi connectivity index (χ3v) is 5.22. The van der Waals surface area contributed by atoms with Gasteiger partial charge in [-0.2, -0.15) is 4.31 Å². The quantitative estimate of drug-likeness (QED) is 0.820. The monoisotopic (exact) mass is 267 g/mol. The van der Waals surface area contributed by atoms with E-state index in [0.717, 1.165) is 18.7 Å². The van der Waals surface area contributed by atoms with Gasteiger partial charge >= 0.3 is 0 Å². The lowest BCUT2D eigenvalue weighted by Gasteiger charge is -2.31. The van der Waals surface area contributed by atoms with Crippen molar-refractivity contribution in [1.82, 2.24) is 9.21 Å². The normalized spacial score (nSPS) is 19.0. The summed E-state index contributed by atoms with van der Waals surface area (Å²) in [5.74, 6) is 0. The van der Waals surface area contributed by atoms with Crippen LogP contribution >= 0.6 is 0 Å². The lowest BCUT2D eigenvalue weighted by atomic mass is 10.2. The van der Waals surface area contributed by atoms with Crippen LogP contribution in [0.3, 0.4) is 0 Å². The Labute approximate surface area is 109 Å². The summed E-state index contributed by atoms with van der Waals surface area (Å²) in [4.78, 5) is 2.52. The number of sulfonamides is 1. The third kappa shape index (κ3) is 2.74. The fourth-order valence-electron chi connectivity index (χ4n) is 2.01. The summed E-state index contributed by atoms with van der Waals surface area (Å²) in [6.45, 7) is 6.49. The molecule has 1 saturated heterocycles. The number of rotatable bonds is 3. The summed E-state index contributed by atoms with van der Waals surface area (Å²) in [6, 6.07) is 7.01. The highest BCUT2D eigenvalue weighted by Crippen LogP contribution is 2.18. The van der Waals surface area contributed by atoms with Crippen molar-refractivity contribution >= 4 is 10.0 Å². The molecule has 5 heteroatoms. The van der Waals surface area contributed by atoms with E-state index in [9.17, 15) is 8.42 Å². The van der Waals surface area contributed by atoms with E-state index in [1.54, 1.807) is 16.4 Å². The summed E-state index contributed by atoms with van der Waals surface area (Å²) < 4.78 is 26.3. The van der Waals surface area contributed by atoms with Gasteiger partial charge < -0.3 is 4.90 Å². The van der Waals surface area contributed by atoms with Crippen LogP contribution in [0.25, 0.3) is 0 Å². The molecule has 4 nitrogen and oxygen atoms in total. The number of benzene rings is 1. The minimum absolute atomic E-state index is 0.379. The molecule has 1 aliphatic rings. The van der Waals surface area contributed by atoms with Gasteiger partial charge in [-0.3, -0.25) is 0 Å². The summed E-state index contributed by atoms with van der Waals surface area (Å²) in [5, 5.41) is 0. The molecule has 0 aliphatic carbocycles. The van der Waals surface area contributed by atoms with Crippen molar-refractivity contribution in [3.63, 3.8) is 0 Å². The second kappa shape index (κ2) is 5.38. The number of hydrogen-bond donors (Lipinski definition) is 0. The van der Waals surface area contributed by atoms with E-state index in [-0.39, 0.29) is 0 Å². The average Bonchev–Trinajstić information content (AvgIpc) is 2.39. The van der Waals surface area contributed by atoms with Crippen LogP contribution in [0.4, 0.5) is 0 Å². The molecule has 1 aliphatic heterocycles. The molecule has 0 bridgehead atoms. The zero-order valence-electron chi connectivity index (χ0n) is 10.7. The van der Waals surface area contributed by atoms with Crippen LogP contribution in [0.15, 0.2) is 29.2 Å². The molecule has 0 saturated carbocycles. The zero-order valence-corrected chi connectivity index (χ0v) is 11.5. The molecule has 1 heterocycles. The standard InChI is InChI=1S/C13H19N2O2S/c1-3-12-4-6-13(7-5-12)18(16,17)15-10-8-14(2)9-11-15/h4-7H,1,3,8-11H2,2H3. The maximum Gasteiger partial charge on any atom is 0.243 e. The molecule has 1 radical (unpaired) electrons. The van der Waals surface area contributed by atoms with E-state index in [0.29, 0.717) is 24.4 Å². The molecule has 0 amide bonds. The van der Waals surface area contributed by atoms with Crippen molar-refractivity contribution in [3.8, 4) is 0 Å². The van der Waals surface area contributed by atoms with Gasteiger partial charge in [-0.1, -0.05) is 12.1 Å². The molecule has 1 fully saturated rings. The molecule has 1 aromatic rings. The second-order valence-corrected chi connectivity index (χ2v) is 6.54. The molecule has 18 heavy (non-hydrogen) atoms. The Hall–Kier alpha value is -0.910. The minimum Gasteiger partial charge on any atom is -0.304 e. The Morgan fingerprint density at radius 1 is 1.11 bits per heavy atom. The molecule has 0 aromatic heterocycles. The molecule has 2 rings (SSSR count). The Bertz CT molecular complexity index is 488. The molecule has 0 N–H and O–H groups in total. The van der Waals surface area contributed by atoms with Crippen molar-refractivity contribution in [2.45, 2.75) is 11.3 Å². The van der Waals surface area contributed by atoms with Crippen LogP contribution in [0.1, 0.15) is 5.56 Å². The van der Waals surface area contributed by atoms with Gasteiger partial charge in [-0.15, -0.1) is 0 Å². The van der Waals surface area contributed by atoms with Crippen LogP contribution in [-0.4, -0.2) is 50.8 Å². The van der Waals surface area contributed by atoms with Gasteiger partial charge in [0.25, 0.3) is 0 Å². The third-order valence-electron chi connectivity index (χ3n) is 3.31. The first-order valence-corrected chi connectivity index (χ1v) is 7.55. The van der Waals surface area contributed by atoms with Crippen molar-refractivity contribution < 1.29 is 8.42 Å². The topological polar surface area (TPSA) is 40.6 Å². The Morgan fingerprint density at radius 3 is 2.17 bits per heavy atom. The lowest BCUT2D eigenvalue weighted by molar-refractivity contribution is 0.222. The molecule has 0 spiro atoms. The summed E-state index contributed by atoms with van der Waals surface area (Å²) in [7, 11) is -1.32. The maximum atomic E-state index is 12.4. The first-order chi connectivity index (χ1) is 8.54. The molecule has 0 atom stereocenters. The van der Waals surface area contributed by atoms with E-state index in [2.05, 4.69) is 11.8 Å². The maximum absolute atomic E-state index is 12.4. The van der Waals surface area contributed by atoms with E-state index in [1.807, 2.05) is 19.2 Å². The predicted octanol–water partition coefficient (Wildman–Crippen LogP) is 0.999. The second-order valence-electron chi connectivity index (χ2n) is 4.60. The first kappa shape index (κ1) is 13.5. The van der Waals surface area contributed by atoms with E-state index in [4.69, 9.17) is 0 Å². The predicted molar refractivity (Wildman–Crippen MR) is 71.8 cm³/mol. The highest BCUT2D eigenvalue weighted by atomic mass is 32.2. The summed E-state index contributed by atoms with van der Waals surface area (Å²) >= 11 is 0. The van der Waals surface area contributed by atoms with Gasteiger partial charge in [0.05, 0.1) is 4.90 Å². The van der Waals surface area contributed by atoms with Crippen LogP contribution in [-0.2, 0) is 16.4 Å². The lowest BCUT2D eigenvalue weighted by Crippen LogP contribution is -2.46. The SMILES string of the molecule is [CH2]Cc1ccc(S(=O)(=O)N2CCN(C)CC2)cc1. The molecule has 1 aromatic carbocycles. The smallest absolute Gasteiger partial charge is 0.243 e. The number of piperazine rings is 1. The highest BCUT2D eigenvalue weighted by molar-refractivity contribution is 7.89. The Balaban J connectivity index is 2.19. The van der Waals surface area contributed by atoms with Crippen LogP contribution in [0, 0.1) is 6.92 Å². The summed E-state index contributed by atoms with van der Waals surface area (Å²) in [5.41, 5.74) is 1.05. The van der Waals surface area contributed by atoms with Crippen molar-refractivity contribution in [2.24, 2.45) is 0 Å². The molecule has 0 unspecified atom stereocenters. The van der Waals surface area contributed by atoms with E-state index in [1.165, 1.54) is 0 Å². The molecular formula is C13H19N2O2S. The van der Waals surface area contributed by atoms with Crippen molar-refractivity contribution in [2.75, 3.05) is 33.2 Å². The average molecular weight is 267 g/mol.